The van der Waals surface area contributed by atoms with Crippen molar-refractivity contribution in [2.45, 2.75) is 44.8 Å². The number of hydrogen-bond acceptors (Lipinski definition) is 3. The predicted octanol–water partition coefficient (Wildman–Crippen LogP) is 2.29. The van der Waals surface area contributed by atoms with Crippen molar-refractivity contribution in [1.29, 1.82) is 0 Å². The first-order valence-electron chi connectivity index (χ1n) is 5.67. The lowest BCUT2D eigenvalue weighted by atomic mass is 10.1. The van der Waals surface area contributed by atoms with Crippen molar-refractivity contribution < 1.29 is 4.74 Å². The van der Waals surface area contributed by atoms with Crippen molar-refractivity contribution in [3.63, 3.8) is 0 Å². The predicted molar refractivity (Wildman–Crippen MR) is 64.1 cm³/mol. The second kappa shape index (κ2) is 7.55. The Morgan fingerprint density at radius 3 is 3.07 bits per heavy atom. The molecule has 1 N–H and O–H groups in total. The summed E-state index contributed by atoms with van der Waals surface area (Å²) in [5, 5.41) is 3.55. The van der Waals surface area contributed by atoms with Crippen molar-refractivity contribution >= 4 is 11.8 Å². The molecule has 0 aliphatic carbocycles. The topological polar surface area (TPSA) is 21.3 Å². The molecule has 0 amide bonds. The minimum absolute atomic E-state index is 0.537. The average molecular weight is 217 g/mol. The molecule has 1 rings (SSSR count). The first-order chi connectivity index (χ1) is 6.83. The molecule has 1 aliphatic heterocycles. The zero-order valence-electron chi connectivity index (χ0n) is 9.42. The minimum Gasteiger partial charge on any atom is -0.378 e. The summed E-state index contributed by atoms with van der Waals surface area (Å²) >= 11 is 1.92. The summed E-state index contributed by atoms with van der Waals surface area (Å²) in [6.45, 7) is 4.36. The van der Waals surface area contributed by atoms with Gasteiger partial charge in [0.2, 0.25) is 0 Å². The molecule has 2 unspecified atom stereocenters. The molecule has 2 atom stereocenters. The molecule has 1 aliphatic rings. The van der Waals surface area contributed by atoms with Gasteiger partial charge in [0, 0.05) is 12.6 Å². The summed E-state index contributed by atoms with van der Waals surface area (Å²) in [5.41, 5.74) is 0. The highest BCUT2D eigenvalue weighted by atomic mass is 32.2. The summed E-state index contributed by atoms with van der Waals surface area (Å²) in [7, 11) is 0. The minimum atomic E-state index is 0.537. The molecule has 0 radical (unpaired) electrons. The largest absolute Gasteiger partial charge is 0.378 e. The van der Waals surface area contributed by atoms with Gasteiger partial charge in [-0.1, -0.05) is 0 Å². The molecule has 1 saturated heterocycles. The summed E-state index contributed by atoms with van der Waals surface area (Å²) in [6.07, 6.45) is 7.68. The van der Waals surface area contributed by atoms with Gasteiger partial charge < -0.3 is 10.1 Å². The Kier molecular flexibility index (Phi) is 6.65. The van der Waals surface area contributed by atoms with Crippen LogP contribution in [0.15, 0.2) is 0 Å². The van der Waals surface area contributed by atoms with Crippen LogP contribution in [0, 0.1) is 0 Å². The maximum absolute atomic E-state index is 5.57. The monoisotopic (exact) mass is 217 g/mol. The van der Waals surface area contributed by atoms with Crippen LogP contribution in [0.4, 0.5) is 0 Å². The summed E-state index contributed by atoms with van der Waals surface area (Å²) in [6, 6.07) is 0.656. The molecular weight excluding hydrogens is 194 g/mol. The van der Waals surface area contributed by atoms with Crippen LogP contribution in [0.5, 0.6) is 0 Å². The first-order valence-corrected chi connectivity index (χ1v) is 7.06. The maximum Gasteiger partial charge on any atom is 0.0588 e. The standard InChI is InChI=1S/C11H23NOS/c1-10(6-9-14-2)12-7-5-11-4-3-8-13-11/h10-12H,3-9H2,1-2H3. The third kappa shape index (κ3) is 5.23. The molecule has 3 heteroatoms. The van der Waals surface area contributed by atoms with Crippen LogP contribution in [0.3, 0.4) is 0 Å². The van der Waals surface area contributed by atoms with E-state index in [9.17, 15) is 0 Å². The second-order valence-corrected chi connectivity index (χ2v) is 5.05. The van der Waals surface area contributed by atoms with Gasteiger partial charge in [-0.2, -0.15) is 11.8 Å². The highest BCUT2D eigenvalue weighted by Gasteiger charge is 2.14. The lowest BCUT2D eigenvalue weighted by molar-refractivity contribution is 0.103. The fourth-order valence-corrected chi connectivity index (χ4v) is 2.35. The van der Waals surface area contributed by atoms with Gasteiger partial charge in [0.1, 0.15) is 0 Å². The van der Waals surface area contributed by atoms with Crippen LogP contribution >= 0.6 is 11.8 Å². The lowest BCUT2D eigenvalue weighted by Crippen LogP contribution is -2.29. The van der Waals surface area contributed by atoms with Gasteiger partial charge in [0.15, 0.2) is 0 Å². The Bertz CT molecular complexity index is 137. The zero-order valence-corrected chi connectivity index (χ0v) is 10.2. The van der Waals surface area contributed by atoms with E-state index in [0.29, 0.717) is 12.1 Å². The Labute approximate surface area is 92.2 Å². The highest BCUT2D eigenvalue weighted by Crippen LogP contribution is 2.14. The van der Waals surface area contributed by atoms with E-state index in [2.05, 4.69) is 18.5 Å². The molecule has 0 saturated carbocycles. The van der Waals surface area contributed by atoms with Crippen molar-refractivity contribution in [1.82, 2.24) is 5.32 Å². The van der Waals surface area contributed by atoms with Gasteiger partial charge in [0.05, 0.1) is 6.10 Å². The van der Waals surface area contributed by atoms with Gasteiger partial charge in [-0.15, -0.1) is 0 Å². The number of thioether (sulfide) groups is 1. The third-order valence-corrected chi connectivity index (χ3v) is 3.38. The Morgan fingerprint density at radius 1 is 1.57 bits per heavy atom. The third-order valence-electron chi connectivity index (χ3n) is 2.74. The molecular formula is C11H23NOS. The van der Waals surface area contributed by atoms with Gasteiger partial charge in [0.25, 0.3) is 0 Å². The van der Waals surface area contributed by atoms with E-state index < -0.39 is 0 Å². The molecule has 0 bridgehead atoms. The molecule has 2 nitrogen and oxygen atoms in total. The zero-order chi connectivity index (χ0) is 10.2. The van der Waals surface area contributed by atoms with Crippen LogP contribution < -0.4 is 5.32 Å². The average Bonchev–Trinajstić information content (AvgIpc) is 2.67. The van der Waals surface area contributed by atoms with E-state index in [1.165, 1.54) is 31.4 Å². The lowest BCUT2D eigenvalue weighted by Gasteiger charge is -2.15. The first kappa shape index (κ1) is 12.3. The van der Waals surface area contributed by atoms with Crippen LogP contribution in [-0.4, -0.2) is 37.3 Å². The van der Waals surface area contributed by atoms with Crippen molar-refractivity contribution in [3.05, 3.63) is 0 Å². The summed E-state index contributed by atoms with van der Waals surface area (Å²) < 4.78 is 5.57. The van der Waals surface area contributed by atoms with Crippen LogP contribution in [-0.2, 0) is 4.74 Å². The fraction of sp³-hybridized carbons (Fsp3) is 1.00. The fourth-order valence-electron chi connectivity index (χ4n) is 1.76. The van der Waals surface area contributed by atoms with Crippen molar-refractivity contribution in [2.75, 3.05) is 25.2 Å². The molecule has 0 aromatic heterocycles. The van der Waals surface area contributed by atoms with E-state index in [1.54, 1.807) is 0 Å². The quantitative estimate of drug-likeness (QED) is 0.707. The SMILES string of the molecule is CSCCC(C)NCCC1CCCO1. The number of rotatable bonds is 7. The normalized spacial score (nSPS) is 24.0. The van der Waals surface area contributed by atoms with Crippen LogP contribution in [0.25, 0.3) is 0 Å². The molecule has 84 valence electrons. The van der Waals surface area contributed by atoms with Crippen molar-refractivity contribution in [3.8, 4) is 0 Å². The highest BCUT2D eigenvalue weighted by molar-refractivity contribution is 7.98. The Hall–Kier alpha value is 0.270. The summed E-state index contributed by atoms with van der Waals surface area (Å²) in [4.78, 5) is 0. The molecule has 0 aromatic rings. The number of ether oxygens (including phenoxy) is 1. The van der Waals surface area contributed by atoms with Gasteiger partial charge in [-0.3, -0.25) is 0 Å². The van der Waals surface area contributed by atoms with Crippen LogP contribution in [0.2, 0.25) is 0 Å². The number of hydrogen-bond donors (Lipinski definition) is 1. The molecule has 14 heavy (non-hydrogen) atoms. The van der Waals surface area contributed by atoms with E-state index in [0.717, 1.165) is 13.2 Å². The van der Waals surface area contributed by atoms with Gasteiger partial charge in [-0.05, 0) is 51.2 Å². The second-order valence-electron chi connectivity index (χ2n) is 4.06. The van der Waals surface area contributed by atoms with E-state index in [-0.39, 0.29) is 0 Å². The Balaban J connectivity index is 1.91. The van der Waals surface area contributed by atoms with E-state index in [1.807, 2.05) is 11.8 Å². The van der Waals surface area contributed by atoms with Crippen LogP contribution in [0.1, 0.15) is 32.6 Å². The Morgan fingerprint density at radius 2 is 2.43 bits per heavy atom. The van der Waals surface area contributed by atoms with E-state index in [4.69, 9.17) is 4.74 Å². The van der Waals surface area contributed by atoms with E-state index >= 15 is 0 Å². The number of nitrogens with one attached hydrogen (secondary N) is 1. The molecule has 1 fully saturated rings. The summed E-state index contributed by atoms with van der Waals surface area (Å²) in [5.74, 6) is 1.26. The molecule has 1 heterocycles. The van der Waals surface area contributed by atoms with Crippen molar-refractivity contribution in [2.24, 2.45) is 0 Å². The smallest absolute Gasteiger partial charge is 0.0588 e. The van der Waals surface area contributed by atoms with Gasteiger partial charge >= 0.3 is 0 Å². The molecule has 0 spiro atoms. The van der Waals surface area contributed by atoms with Gasteiger partial charge in [-0.25, -0.2) is 0 Å². The molecule has 0 aromatic carbocycles. The maximum atomic E-state index is 5.57.